The van der Waals surface area contributed by atoms with Gasteiger partial charge in [-0.05, 0) is 23.3 Å². The summed E-state index contributed by atoms with van der Waals surface area (Å²) in [6.45, 7) is 1.30. The van der Waals surface area contributed by atoms with Gasteiger partial charge in [-0.1, -0.05) is 72.8 Å². The second-order valence-electron chi connectivity index (χ2n) is 8.62. The van der Waals surface area contributed by atoms with Crippen LogP contribution in [0.2, 0.25) is 0 Å². The maximum absolute atomic E-state index is 13.0. The van der Waals surface area contributed by atoms with Crippen LogP contribution in [-0.4, -0.2) is 20.3 Å². The number of hydrogen-bond donors (Lipinski definition) is 0. The summed E-state index contributed by atoms with van der Waals surface area (Å²) < 4.78 is 46.3. The summed E-state index contributed by atoms with van der Waals surface area (Å²) in [5, 5.41) is 0. The Morgan fingerprint density at radius 1 is 0.811 bits per heavy atom. The Balaban J connectivity index is 1.65. The summed E-state index contributed by atoms with van der Waals surface area (Å²) in [4.78, 5) is 21.7. The highest BCUT2D eigenvalue weighted by Crippen LogP contribution is 2.32. The van der Waals surface area contributed by atoms with E-state index in [1.54, 1.807) is 10.6 Å². The van der Waals surface area contributed by atoms with Gasteiger partial charge in [-0.2, -0.15) is 13.2 Å². The number of benzene rings is 3. The van der Waals surface area contributed by atoms with Gasteiger partial charge in [0.15, 0.2) is 5.65 Å². The van der Waals surface area contributed by atoms with Gasteiger partial charge in [-0.15, -0.1) is 0 Å². The predicted octanol–water partition coefficient (Wildman–Crippen LogP) is 6.52. The molecule has 0 unspecified atom stereocenters. The third kappa shape index (κ3) is 5.38. The zero-order valence-corrected chi connectivity index (χ0v) is 19.9. The summed E-state index contributed by atoms with van der Waals surface area (Å²) in [6.07, 6.45) is -1.99. The van der Waals surface area contributed by atoms with E-state index in [-0.39, 0.29) is 12.3 Å². The molecule has 0 atom stereocenters. The monoisotopic (exact) mass is 501 g/mol. The maximum Gasteiger partial charge on any atom is 0.416 e. The quantitative estimate of drug-likeness (QED) is 0.249. The highest BCUT2D eigenvalue weighted by atomic mass is 19.4. The first kappa shape index (κ1) is 24.2. The molecule has 0 amide bonds. The number of carbonyl (C=O) groups is 1. The van der Waals surface area contributed by atoms with Crippen molar-refractivity contribution in [1.29, 1.82) is 0 Å². The highest BCUT2D eigenvalue weighted by Gasteiger charge is 2.30. The number of esters is 1. The number of rotatable bonds is 6. The first-order valence-corrected chi connectivity index (χ1v) is 11.6. The Morgan fingerprint density at radius 2 is 1.41 bits per heavy atom. The van der Waals surface area contributed by atoms with Crippen molar-refractivity contribution < 1.29 is 22.7 Å². The molecule has 5 nitrogen and oxygen atoms in total. The molecule has 3 aromatic carbocycles. The summed E-state index contributed by atoms with van der Waals surface area (Å²) in [6, 6.07) is 24.3. The van der Waals surface area contributed by atoms with Crippen LogP contribution in [0.15, 0.2) is 91.1 Å². The number of aromatic nitrogens is 3. The fourth-order valence-electron chi connectivity index (χ4n) is 4.15. The van der Waals surface area contributed by atoms with Crippen molar-refractivity contribution >= 4 is 11.6 Å². The topological polar surface area (TPSA) is 56.5 Å². The zero-order chi connectivity index (χ0) is 26.0. The lowest BCUT2D eigenvalue weighted by atomic mass is 10.1. The molecule has 8 heteroatoms. The Morgan fingerprint density at radius 3 is 2.03 bits per heavy atom. The molecule has 5 rings (SSSR count). The van der Waals surface area contributed by atoms with E-state index in [1.807, 2.05) is 60.7 Å². The number of halogens is 3. The summed E-state index contributed by atoms with van der Waals surface area (Å²) in [5.41, 5.74) is 4.08. The van der Waals surface area contributed by atoms with Crippen LogP contribution in [0.3, 0.4) is 0 Å². The van der Waals surface area contributed by atoms with E-state index >= 15 is 0 Å². The number of alkyl halides is 3. The summed E-state index contributed by atoms with van der Waals surface area (Å²) in [5.74, 6) is -0.311. The van der Waals surface area contributed by atoms with Crippen LogP contribution in [0.1, 0.15) is 35.0 Å². The lowest BCUT2D eigenvalue weighted by Gasteiger charge is -2.10. The normalized spacial score (nSPS) is 11.6. The van der Waals surface area contributed by atoms with Crippen molar-refractivity contribution in [3.8, 4) is 17.1 Å². The predicted molar refractivity (Wildman–Crippen MR) is 133 cm³/mol. The molecule has 0 saturated carbocycles. The van der Waals surface area contributed by atoms with Gasteiger partial charge in [-0.25, -0.2) is 9.97 Å². The van der Waals surface area contributed by atoms with Crippen molar-refractivity contribution in [2.75, 3.05) is 0 Å². The van der Waals surface area contributed by atoms with Crippen LogP contribution in [0.25, 0.3) is 16.9 Å². The smallest absolute Gasteiger partial charge is 0.407 e. The second kappa shape index (κ2) is 9.89. The molecular formula is C29H22F3N3O2. The van der Waals surface area contributed by atoms with Crippen LogP contribution < -0.4 is 4.74 Å². The van der Waals surface area contributed by atoms with Crippen molar-refractivity contribution in [3.63, 3.8) is 0 Å². The number of hydrogen-bond acceptors (Lipinski definition) is 4. The average molecular weight is 502 g/mol. The minimum absolute atomic E-state index is 0.174. The van der Waals surface area contributed by atoms with Gasteiger partial charge in [0.2, 0.25) is 5.88 Å². The molecule has 2 heterocycles. The van der Waals surface area contributed by atoms with E-state index in [2.05, 4.69) is 0 Å². The van der Waals surface area contributed by atoms with E-state index in [0.717, 1.165) is 23.3 Å². The van der Waals surface area contributed by atoms with Gasteiger partial charge in [-0.3, -0.25) is 9.20 Å². The van der Waals surface area contributed by atoms with Crippen LogP contribution in [0.5, 0.6) is 5.88 Å². The molecule has 0 fully saturated rings. The Kier molecular flexibility index (Phi) is 6.48. The molecule has 0 N–H and O–H groups in total. The van der Waals surface area contributed by atoms with Gasteiger partial charge in [0, 0.05) is 31.5 Å². The molecule has 2 aromatic heterocycles. The van der Waals surface area contributed by atoms with E-state index in [4.69, 9.17) is 14.7 Å². The Hall–Kier alpha value is -4.46. The third-order valence-electron chi connectivity index (χ3n) is 5.88. The molecular weight excluding hydrogens is 479 g/mol. The van der Waals surface area contributed by atoms with Gasteiger partial charge in [0.25, 0.3) is 0 Å². The summed E-state index contributed by atoms with van der Waals surface area (Å²) in [7, 11) is 0. The number of carbonyl (C=O) groups excluding carboxylic acids is 1. The van der Waals surface area contributed by atoms with E-state index in [0.29, 0.717) is 34.7 Å². The molecule has 37 heavy (non-hydrogen) atoms. The number of fused-ring (bicyclic) bond motifs is 1. The number of imidazole rings is 1. The molecule has 0 saturated heterocycles. The molecule has 0 bridgehead atoms. The molecule has 0 spiro atoms. The van der Waals surface area contributed by atoms with Crippen LogP contribution in [-0.2, 0) is 23.8 Å². The molecule has 0 aliphatic rings. The van der Waals surface area contributed by atoms with E-state index in [9.17, 15) is 18.0 Å². The Labute approximate surface area is 211 Å². The first-order chi connectivity index (χ1) is 17.8. The fraction of sp³-hybridized carbons (Fsp3) is 0.138. The van der Waals surface area contributed by atoms with Crippen molar-refractivity contribution in [3.05, 3.63) is 119 Å². The van der Waals surface area contributed by atoms with Crippen LogP contribution in [0, 0.1) is 0 Å². The highest BCUT2D eigenvalue weighted by molar-refractivity contribution is 5.71. The van der Waals surface area contributed by atoms with E-state index in [1.165, 1.54) is 19.1 Å². The zero-order valence-electron chi connectivity index (χ0n) is 19.9. The summed E-state index contributed by atoms with van der Waals surface area (Å²) >= 11 is 0. The van der Waals surface area contributed by atoms with Crippen LogP contribution in [0.4, 0.5) is 13.2 Å². The maximum atomic E-state index is 13.0. The van der Waals surface area contributed by atoms with Crippen LogP contribution >= 0.6 is 0 Å². The van der Waals surface area contributed by atoms with Gasteiger partial charge in [0.1, 0.15) is 5.69 Å². The number of ether oxygens (including phenoxy) is 1. The Bertz CT molecular complexity index is 1550. The SMILES string of the molecule is CC(=O)Oc1c(Cc2ccc(C(F)(F)F)cc2)nc2c(Cc3ccccc3)nc(-c3ccccc3)cn12. The lowest BCUT2D eigenvalue weighted by molar-refractivity contribution is -0.137. The molecule has 186 valence electrons. The largest absolute Gasteiger partial charge is 0.416 e. The minimum Gasteiger partial charge on any atom is -0.407 e. The lowest BCUT2D eigenvalue weighted by Crippen LogP contribution is -2.07. The average Bonchev–Trinajstić information content (AvgIpc) is 3.21. The van der Waals surface area contributed by atoms with Crippen molar-refractivity contribution in [1.82, 2.24) is 14.4 Å². The van der Waals surface area contributed by atoms with Gasteiger partial charge >= 0.3 is 12.1 Å². The third-order valence-corrected chi connectivity index (χ3v) is 5.88. The van der Waals surface area contributed by atoms with Gasteiger partial charge in [0.05, 0.1) is 17.0 Å². The molecule has 0 aliphatic carbocycles. The number of nitrogens with zero attached hydrogens (tertiary/aromatic N) is 3. The second-order valence-corrected chi connectivity index (χ2v) is 8.62. The fourth-order valence-corrected chi connectivity index (χ4v) is 4.15. The molecule has 0 radical (unpaired) electrons. The van der Waals surface area contributed by atoms with Gasteiger partial charge < -0.3 is 4.74 Å². The standard InChI is InChI=1S/C29H22F3N3O2/c1-19(36)37-28-25(17-21-12-14-23(15-13-21)29(30,31)32)34-27-24(16-20-8-4-2-5-9-20)33-26(18-35(27)28)22-10-6-3-7-11-22/h2-15,18H,16-17H2,1H3. The molecule has 0 aliphatic heterocycles. The molecule has 5 aromatic rings. The minimum atomic E-state index is -4.42. The van der Waals surface area contributed by atoms with E-state index < -0.39 is 17.7 Å². The van der Waals surface area contributed by atoms with Crippen molar-refractivity contribution in [2.45, 2.75) is 25.9 Å². The van der Waals surface area contributed by atoms with Crippen molar-refractivity contribution in [2.24, 2.45) is 0 Å². The first-order valence-electron chi connectivity index (χ1n) is 11.6.